The summed E-state index contributed by atoms with van der Waals surface area (Å²) in [5.41, 5.74) is 2.81. The van der Waals surface area contributed by atoms with Crippen LogP contribution in [0, 0.1) is 13.8 Å². The maximum absolute atomic E-state index is 12.1. The fourth-order valence-electron chi connectivity index (χ4n) is 2.39. The lowest BCUT2D eigenvalue weighted by Gasteiger charge is -2.11. The molecule has 0 amide bonds. The molecule has 0 saturated heterocycles. The van der Waals surface area contributed by atoms with Gasteiger partial charge in [0.25, 0.3) is 5.56 Å². The molecular formula is C15H17NO4. The van der Waals surface area contributed by atoms with Crippen molar-refractivity contribution >= 4 is 16.9 Å². The summed E-state index contributed by atoms with van der Waals surface area (Å²) in [6.07, 6.45) is 0.168. The first-order valence-electron chi connectivity index (χ1n) is 6.36. The Kier molecular flexibility index (Phi) is 3.79. The zero-order valence-electron chi connectivity index (χ0n) is 11.7. The Bertz CT molecular complexity index is 731. The van der Waals surface area contributed by atoms with Gasteiger partial charge < -0.3 is 14.8 Å². The first-order valence-corrected chi connectivity index (χ1v) is 6.36. The summed E-state index contributed by atoms with van der Waals surface area (Å²) in [7, 11) is 1.59. The number of carboxylic acid groups (broad SMARTS) is 1. The Balaban J connectivity index is 2.66. The maximum atomic E-state index is 12.1. The van der Waals surface area contributed by atoms with Gasteiger partial charge in [0.2, 0.25) is 0 Å². The first-order chi connectivity index (χ1) is 9.43. The highest BCUT2D eigenvalue weighted by molar-refractivity contribution is 5.87. The number of hydrogen-bond donors (Lipinski definition) is 2. The molecule has 0 unspecified atom stereocenters. The van der Waals surface area contributed by atoms with Crippen LogP contribution in [-0.4, -0.2) is 23.2 Å². The lowest BCUT2D eigenvalue weighted by Crippen LogP contribution is -2.16. The van der Waals surface area contributed by atoms with E-state index < -0.39 is 5.97 Å². The van der Waals surface area contributed by atoms with Crippen molar-refractivity contribution in [2.24, 2.45) is 0 Å². The standard InChI is InChI=1S/C15H17NO4/c1-8-6-10(20-3)7-12-9(2)11(4-5-13(17)18)15(19)16-14(8)12/h6-7H,4-5H2,1-3H3,(H,16,19)(H,17,18). The molecule has 0 aliphatic carbocycles. The third-order valence-electron chi connectivity index (χ3n) is 3.50. The Labute approximate surface area is 116 Å². The van der Waals surface area contributed by atoms with Crippen LogP contribution in [0.25, 0.3) is 10.9 Å². The molecule has 0 aliphatic heterocycles. The number of carbonyl (C=O) groups is 1. The normalized spacial score (nSPS) is 10.8. The number of H-pyrrole nitrogens is 1. The molecule has 0 saturated carbocycles. The van der Waals surface area contributed by atoms with Gasteiger partial charge in [0.15, 0.2) is 0 Å². The Morgan fingerprint density at radius 1 is 1.35 bits per heavy atom. The minimum atomic E-state index is -0.911. The summed E-state index contributed by atoms with van der Waals surface area (Å²) in [5, 5.41) is 9.65. The van der Waals surface area contributed by atoms with Crippen molar-refractivity contribution in [2.45, 2.75) is 26.7 Å². The van der Waals surface area contributed by atoms with Gasteiger partial charge in [-0.3, -0.25) is 9.59 Å². The predicted octanol–water partition coefficient (Wildman–Crippen LogP) is 2.17. The minimum absolute atomic E-state index is 0.0572. The molecule has 0 atom stereocenters. The summed E-state index contributed by atoms with van der Waals surface area (Å²) in [6, 6.07) is 3.71. The zero-order chi connectivity index (χ0) is 14.9. The SMILES string of the molecule is COc1cc(C)c2[nH]c(=O)c(CCC(=O)O)c(C)c2c1. The molecule has 0 bridgehead atoms. The van der Waals surface area contributed by atoms with E-state index in [-0.39, 0.29) is 18.4 Å². The second-order valence-corrected chi connectivity index (χ2v) is 4.82. The van der Waals surface area contributed by atoms with Crippen molar-refractivity contribution in [3.05, 3.63) is 39.2 Å². The van der Waals surface area contributed by atoms with Crippen LogP contribution in [0.2, 0.25) is 0 Å². The average molecular weight is 275 g/mol. The van der Waals surface area contributed by atoms with Gasteiger partial charge in [-0.05, 0) is 43.5 Å². The van der Waals surface area contributed by atoms with Crippen molar-refractivity contribution in [1.29, 1.82) is 0 Å². The molecule has 5 heteroatoms. The van der Waals surface area contributed by atoms with Crippen molar-refractivity contribution in [1.82, 2.24) is 4.98 Å². The minimum Gasteiger partial charge on any atom is -0.497 e. The monoisotopic (exact) mass is 275 g/mol. The number of carboxylic acids is 1. The van der Waals surface area contributed by atoms with Gasteiger partial charge in [-0.1, -0.05) is 0 Å². The number of nitrogens with one attached hydrogen (secondary N) is 1. The van der Waals surface area contributed by atoms with E-state index in [1.165, 1.54) is 0 Å². The molecule has 5 nitrogen and oxygen atoms in total. The van der Waals surface area contributed by atoms with Crippen LogP contribution >= 0.6 is 0 Å². The number of hydrogen-bond acceptors (Lipinski definition) is 3. The van der Waals surface area contributed by atoms with Crippen molar-refractivity contribution in [3.63, 3.8) is 0 Å². The summed E-state index contributed by atoms with van der Waals surface area (Å²) in [5.74, 6) is -0.194. The second kappa shape index (κ2) is 5.36. The summed E-state index contributed by atoms with van der Waals surface area (Å²) >= 11 is 0. The van der Waals surface area contributed by atoms with E-state index in [2.05, 4.69) is 4.98 Å². The topological polar surface area (TPSA) is 79.4 Å². The van der Waals surface area contributed by atoms with E-state index in [0.29, 0.717) is 11.3 Å². The number of fused-ring (bicyclic) bond motifs is 1. The van der Waals surface area contributed by atoms with Gasteiger partial charge in [-0.25, -0.2) is 0 Å². The molecular weight excluding hydrogens is 258 g/mol. The number of aliphatic carboxylic acids is 1. The molecule has 2 aromatic rings. The van der Waals surface area contributed by atoms with Gasteiger partial charge >= 0.3 is 5.97 Å². The average Bonchev–Trinajstić information content (AvgIpc) is 2.39. The van der Waals surface area contributed by atoms with E-state index in [4.69, 9.17) is 9.84 Å². The molecule has 2 N–H and O–H groups in total. The van der Waals surface area contributed by atoms with E-state index >= 15 is 0 Å². The Morgan fingerprint density at radius 2 is 2.05 bits per heavy atom. The largest absolute Gasteiger partial charge is 0.497 e. The van der Waals surface area contributed by atoms with Crippen LogP contribution in [0.4, 0.5) is 0 Å². The molecule has 106 valence electrons. The molecule has 1 aromatic carbocycles. The summed E-state index contributed by atoms with van der Waals surface area (Å²) in [6.45, 7) is 3.74. The lowest BCUT2D eigenvalue weighted by atomic mass is 9.99. The van der Waals surface area contributed by atoms with E-state index in [1.807, 2.05) is 26.0 Å². The van der Waals surface area contributed by atoms with Gasteiger partial charge in [0.05, 0.1) is 12.6 Å². The predicted molar refractivity (Wildman–Crippen MR) is 76.6 cm³/mol. The number of benzene rings is 1. The van der Waals surface area contributed by atoms with Crippen LogP contribution < -0.4 is 10.3 Å². The van der Waals surface area contributed by atoms with Crippen molar-refractivity contribution in [2.75, 3.05) is 7.11 Å². The van der Waals surface area contributed by atoms with Gasteiger partial charge in [-0.2, -0.15) is 0 Å². The fourth-order valence-corrected chi connectivity index (χ4v) is 2.39. The summed E-state index contributed by atoms with van der Waals surface area (Å²) in [4.78, 5) is 25.6. The molecule has 0 spiro atoms. The second-order valence-electron chi connectivity index (χ2n) is 4.82. The molecule has 0 fully saturated rings. The maximum Gasteiger partial charge on any atom is 0.303 e. The molecule has 1 heterocycles. The quantitative estimate of drug-likeness (QED) is 0.896. The molecule has 2 rings (SSSR count). The van der Waals surface area contributed by atoms with Crippen molar-refractivity contribution < 1.29 is 14.6 Å². The van der Waals surface area contributed by atoms with E-state index in [0.717, 1.165) is 22.0 Å². The molecule has 0 radical (unpaired) electrons. The van der Waals surface area contributed by atoms with Gasteiger partial charge in [0.1, 0.15) is 5.75 Å². The van der Waals surface area contributed by atoms with E-state index in [9.17, 15) is 9.59 Å². The number of aromatic nitrogens is 1. The molecule has 0 aliphatic rings. The number of aromatic amines is 1. The van der Waals surface area contributed by atoms with Crippen LogP contribution in [0.5, 0.6) is 5.75 Å². The third kappa shape index (κ3) is 2.52. The molecule has 1 aromatic heterocycles. The van der Waals surface area contributed by atoms with E-state index in [1.54, 1.807) is 7.11 Å². The van der Waals surface area contributed by atoms with Crippen LogP contribution in [0.15, 0.2) is 16.9 Å². The van der Waals surface area contributed by atoms with Crippen LogP contribution in [-0.2, 0) is 11.2 Å². The van der Waals surface area contributed by atoms with Crippen LogP contribution in [0.3, 0.4) is 0 Å². The van der Waals surface area contributed by atoms with Crippen LogP contribution in [0.1, 0.15) is 23.1 Å². The van der Waals surface area contributed by atoms with Crippen molar-refractivity contribution in [3.8, 4) is 5.75 Å². The number of rotatable bonds is 4. The van der Waals surface area contributed by atoms with Gasteiger partial charge in [0, 0.05) is 17.4 Å². The number of ether oxygens (including phenoxy) is 1. The third-order valence-corrected chi connectivity index (χ3v) is 3.50. The number of methoxy groups -OCH3 is 1. The summed E-state index contributed by atoms with van der Waals surface area (Å²) < 4.78 is 5.24. The zero-order valence-corrected chi connectivity index (χ0v) is 11.7. The number of pyridine rings is 1. The first kappa shape index (κ1) is 14.1. The number of aryl methyl sites for hydroxylation is 2. The highest BCUT2D eigenvalue weighted by Gasteiger charge is 2.13. The highest BCUT2D eigenvalue weighted by atomic mass is 16.5. The Hall–Kier alpha value is -2.30. The lowest BCUT2D eigenvalue weighted by molar-refractivity contribution is -0.136. The smallest absolute Gasteiger partial charge is 0.303 e. The van der Waals surface area contributed by atoms with Gasteiger partial charge in [-0.15, -0.1) is 0 Å². The molecule has 20 heavy (non-hydrogen) atoms. The fraction of sp³-hybridized carbons (Fsp3) is 0.333. The highest BCUT2D eigenvalue weighted by Crippen LogP contribution is 2.26. The Morgan fingerprint density at radius 3 is 2.65 bits per heavy atom.